The smallest absolute Gasteiger partial charge is 0.106 e. The van der Waals surface area contributed by atoms with Gasteiger partial charge in [-0.1, -0.05) is 17.7 Å². The fraction of sp³-hybridized carbons (Fsp3) is 0.778. The third-order valence-corrected chi connectivity index (χ3v) is 6.68. The molecule has 4 heteroatoms. The second-order valence-corrected chi connectivity index (χ2v) is 7.48. The number of aliphatic hydroxyl groups excluding tert-OH is 1. The molecule has 2 bridgehead atoms. The Hall–Kier alpha value is -0.680. The first-order chi connectivity index (χ1) is 10.8. The first-order valence-electron chi connectivity index (χ1n) is 8.85. The van der Waals surface area contributed by atoms with Crippen LogP contribution >= 0.6 is 0 Å². The average Bonchev–Trinajstić information content (AvgIpc) is 2.85. The molecule has 22 heavy (non-hydrogen) atoms. The Kier molecular flexibility index (Phi) is 2.91. The normalized spacial score (nSPS) is 51.9. The number of ether oxygens (including phenoxy) is 2. The van der Waals surface area contributed by atoms with E-state index < -0.39 is 6.10 Å². The van der Waals surface area contributed by atoms with Crippen molar-refractivity contribution in [1.29, 1.82) is 0 Å². The van der Waals surface area contributed by atoms with E-state index in [4.69, 9.17) is 9.47 Å². The van der Waals surface area contributed by atoms with E-state index in [1.165, 1.54) is 5.57 Å². The van der Waals surface area contributed by atoms with E-state index in [2.05, 4.69) is 18.3 Å². The van der Waals surface area contributed by atoms with Gasteiger partial charge in [-0.05, 0) is 44.7 Å². The van der Waals surface area contributed by atoms with Crippen LogP contribution in [0.3, 0.4) is 0 Å². The molecule has 1 spiro atoms. The zero-order valence-electron chi connectivity index (χ0n) is 13.1. The maximum atomic E-state index is 10.6. The minimum absolute atomic E-state index is 0.0259. The molecule has 0 aromatic rings. The minimum Gasteiger partial charge on any atom is -0.386 e. The summed E-state index contributed by atoms with van der Waals surface area (Å²) < 4.78 is 12.5. The summed E-state index contributed by atoms with van der Waals surface area (Å²) in [5.74, 6) is 0.471. The van der Waals surface area contributed by atoms with Gasteiger partial charge in [0.15, 0.2) is 0 Å². The van der Waals surface area contributed by atoms with E-state index in [0.717, 1.165) is 38.8 Å². The van der Waals surface area contributed by atoms with Crippen molar-refractivity contribution in [1.82, 2.24) is 5.32 Å². The van der Waals surface area contributed by atoms with Crippen LogP contribution in [0.2, 0.25) is 0 Å². The largest absolute Gasteiger partial charge is 0.386 e. The number of rotatable bonds is 2. The van der Waals surface area contributed by atoms with Crippen molar-refractivity contribution in [3.05, 3.63) is 23.3 Å². The van der Waals surface area contributed by atoms with E-state index in [1.807, 2.05) is 6.08 Å². The van der Waals surface area contributed by atoms with Crippen molar-refractivity contribution < 1.29 is 14.6 Å². The van der Waals surface area contributed by atoms with Crippen LogP contribution in [-0.2, 0) is 9.47 Å². The van der Waals surface area contributed by atoms with Crippen LogP contribution in [0.15, 0.2) is 23.3 Å². The van der Waals surface area contributed by atoms with Crippen molar-refractivity contribution in [2.45, 2.75) is 63.1 Å². The molecule has 5 aliphatic rings. The maximum Gasteiger partial charge on any atom is 0.106 e. The van der Waals surface area contributed by atoms with Gasteiger partial charge in [-0.3, -0.25) is 0 Å². The highest BCUT2D eigenvalue weighted by atomic mass is 16.6. The fourth-order valence-electron chi connectivity index (χ4n) is 6.02. The molecule has 4 nitrogen and oxygen atoms in total. The fourth-order valence-corrected chi connectivity index (χ4v) is 6.02. The molecule has 2 heterocycles. The van der Waals surface area contributed by atoms with Crippen molar-refractivity contribution in [2.75, 3.05) is 13.2 Å². The highest BCUT2D eigenvalue weighted by molar-refractivity contribution is 5.44. The summed E-state index contributed by atoms with van der Waals surface area (Å²) in [6.07, 6.45) is 8.33. The van der Waals surface area contributed by atoms with Gasteiger partial charge < -0.3 is 19.9 Å². The van der Waals surface area contributed by atoms with Crippen LogP contribution in [0.1, 0.15) is 32.6 Å². The van der Waals surface area contributed by atoms with Crippen molar-refractivity contribution in [3.8, 4) is 0 Å². The molecule has 0 radical (unpaired) electrons. The number of aliphatic hydroxyl groups is 1. The first kappa shape index (κ1) is 13.7. The van der Waals surface area contributed by atoms with Crippen molar-refractivity contribution in [2.24, 2.45) is 11.3 Å². The number of hydrogen-bond donors (Lipinski definition) is 2. The Labute approximate surface area is 131 Å². The molecule has 0 aromatic heterocycles. The topological polar surface area (TPSA) is 50.7 Å². The molecule has 5 rings (SSSR count). The lowest BCUT2D eigenvalue weighted by Crippen LogP contribution is -2.61. The molecule has 0 aromatic carbocycles. The average molecular weight is 303 g/mol. The zero-order valence-corrected chi connectivity index (χ0v) is 13.1. The predicted octanol–water partition coefficient (Wildman–Crippen LogP) is 1.55. The maximum absolute atomic E-state index is 10.6. The monoisotopic (exact) mass is 303 g/mol. The van der Waals surface area contributed by atoms with E-state index in [0.29, 0.717) is 12.0 Å². The summed E-state index contributed by atoms with van der Waals surface area (Å²) >= 11 is 0. The SMILES string of the molecule is CCOC1CCC2=C3C1O[C@H]1[C@@H](O)C=C[C@H]4[C@@H](C2)NCC[C@@]341. The van der Waals surface area contributed by atoms with Crippen LogP contribution in [0.25, 0.3) is 0 Å². The number of hydrogen-bond acceptors (Lipinski definition) is 4. The molecule has 2 N–H and O–H groups in total. The molecule has 0 saturated carbocycles. The van der Waals surface area contributed by atoms with Crippen molar-refractivity contribution >= 4 is 0 Å². The van der Waals surface area contributed by atoms with Gasteiger partial charge in [-0.2, -0.15) is 0 Å². The van der Waals surface area contributed by atoms with Crippen LogP contribution in [0.4, 0.5) is 0 Å². The summed E-state index contributed by atoms with van der Waals surface area (Å²) in [6, 6.07) is 0.518. The molecule has 7 atom stereocenters. The van der Waals surface area contributed by atoms with E-state index in [1.54, 1.807) is 5.57 Å². The van der Waals surface area contributed by atoms with Crippen LogP contribution in [0.5, 0.6) is 0 Å². The van der Waals surface area contributed by atoms with Gasteiger partial charge in [0.2, 0.25) is 0 Å². The Morgan fingerprint density at radius 1 is 1.45 bits per heavy atom. The van der Waals surface area contributed by atoms with Gasteiger partial charge in [0, 0.05) is 24.0 Å². The molecule has 3 aliphatic carbocycles. The summed E-state index contributed by atoms with van der Waals surface area (Å²) in [5, 5.41) is 14.3. The van der Waals surface area contributed by atoms with E-state index in [9.17, 15) is 5.11 Å². The summed E-state index contributed by atoms with van der Waals surface area (Å²) in [7, 11) is 0. The molecule has 2 aliphatic heterocycles. The summed E-state index contributed by atoms with van der Waals surface area (Å²) in [6.45, 7) is 3.83. The van der Waals surface area contributed by atoms with Crippen LogP contribution in [0, 0.1) is 11.3 Å². The van der Waals surface area contributed by atoms with Gasteiger partial charge in [0.05, 0.1) is 18.3 Å². The van der Waals surface area contributed by atoms with E-state index in [-0.39, 0.29) is 23.7 Å². The van der Waals surface area contributed by atoms with Gasteiger partial charge in [0.25, 0.3) is 0 Å². The zero-order chi connectivity index (χ0) is 14.9. The lowest BCUT2D eigenvalue weighted by Gasteiger charge is -2.55. The second-order valence-electron chi connectivity index (χ2n) is 7.48. The molecular weight excluding hydrogens is 278 g/mol. The van der Waals surface area contributed by atoms with Crippen LogP contribution < -0.4 is 5.32 Å². The summed E-state index contributed by atoms with van der Waals surface area (Å²) in [5.41, 5.74) is 3.14. The number of piperidine rings is 1. The highest BCUT2D eigenvalue weighted by Crippen LogP contribution is 2.63. The predicted molar refractivity (Wildman–Crippen MR) is 82.4 cm³/mol. The Bertz CT molecular complexity index is 557. The Morgan fingerprint density at radius 2 is 2.36 bits per heavy atom. The van der Waals surface area contributed by atoms with Gasteiger partial charge >= 0.3 is 0 Å². The third kappa shape index (κ3) is 1.52. The van der Waals surface area contributed by atoms with Gasteiger partial charge in [0.1, 0.15) is 6.10 Å². The molecular formula is C18H25NO3. The van der Waals surface area contributed by atoms with Gasteiger partial charge in [-0.25, -0.2) is 0 Å². The lowest BCUT2D eigenvalue weighted by molar-refractivity contribution is -0.111. The highest BCUT2D eigenvalue weighted by Gasteiger charge is 2.66. The second kappa shape index (κ2) is 4.67. The molecule has 0 amide bonds. The molecule has 2 fully saturated rings. The first-order valence-corrected chi connectivity index (χ1v) is 8.85. The van der Waals surface area contributed by atoms with Crippen LogP contribution in [-0.4, -0.2) is 48.7 Å². The quantitative estimate of drug-likeness (QED) is 0.760. The Balaban J connectivity index is 1.67. The van der Waals surface area contributed by atoms with Gasteiger partial charge in [-0.15, -0.1) is 0 Å². The molecule has 120 valence electrons. The molecule has 2 unspecified atom stereocenters. The number of nitrogens with one attached hydrogen (secondary N) is 1. The Morgan fingerprint density at radius 3 is 3.23 bits per heavy atom. The third-order valence-electron chi connectivity index (χ3n) is 6.68. The van der Waals surface area contributed by atoms with Crippen molar-refractivity contribution in [3.63, 3.8) is 0 Å². The lowest BCUT2D eigenvalue weighted by atomic mass is 9.52. The molecule has 2 saturated heterocycles. The van der Waals surface area contributed by atoms with E-state index >= 15 is 0 Å². The standard InChI is InChI=1S/C18H25NO3/c1-2-21-14-6-3-10-9-12-11-4-5-13(20)17-18(11,7-8-19-12)15(10)16(14)22-17/h4-5,11-14,16-17,19-20H,2-3,6-9H2,1H3/t11-,12+,13-,14?,16?,17-,18-/m0/s1. The minimum atomic E-state index is -0.477. The summed E-state index contributed by atoms with van der Waals surface area (Å²) in [4.78, 5) is 0.